The summed E-state index contributed by atoms with van der Waals surface area (Å²) in [5, 5.41) is 5.88. The van der Waals surface area contributed by atoms with Crippen LogP contribution in [0, 0.1) is 23.6 Å². The fourth-order valence-electron chi connectivity index (χ4n) is 8.09. The van der Waals surface area contributed by atoms with Crippen LogP contribution in [-0.4, -0.2) is 96.0 Å². The molecule has 3 N–H and O–H groups in total. The maximum atomic E-state index is 14.9. The van der Waals surface area contributed by atoms with Gasteiger partial charge in [-0.05, 0) is 94.2 Å². The summed E-state index contributed by atoms with van der Waals surface area (Å²) in [7, 11) is -2.80. The number of alkyl carbamates (subject to hydrolysis) is 1. The quantitative estimate of drug-likeness (QED) is 0.217. The monoisotopic (exact) mass is 853 g/mol. The molecule has 14 nitrogen and oxygen atoms in total. The fourth-order valence-corrected chi connectivity index (χ4v) is 9.75. The largest absolute Gasteiger partial charge is 0.494 e. The number of sulfonamides is 1. The Hall–Kier alpha value is -4.68. The molecule has 6 rings (SSSR count). The van der Waals surface area contributed by atoms with E-state index < -0.39 is 91.7 Å². The van der Waals surface area contributed by atoms with E-state index in [1.54, 1.807) is 26.0 Å². The number of fused-ring (bicyclic) bond motifs is 3. The number of carbonyl (C=O) groups is 4. The number of methoxy groups -OCH3 is 1. The van der Waals surface area contributed by atoms with Gasteiger partial charge in [0.1, 0.15) is 23.7 Å². The summed E-state index contributed by atoms with van der Waals surface area (Å²) in [6.45, 7) is 6.33. The summed E-state index contributed by atoms with van der Waals surface area (Å²) in [5.74, 6) is -4.66. The zero-order chi connectivity index (χ0) is 43.3. The third-order valence-electron chi connectivity index (χ3n) is 12.2. The molecule has 2 aromatic rings. The van der Waals surface area contributed by atoms with E-state index >= 15 is 0 Å². The van der Waals surface area contributed by atoms with Crippen LogP contribution in [0.5, 0.6) is 11.6 Å². The highest BCUT2D eigenvalue weighted by Gasteiger charge is 2.63. The second kappa shape index (κ2) is 16.1. The van der Waals surface area contributed by atoms with Crippen LogP contribution in [0.4, 0.5) is 22.4 Å². The summed E-state index contributed by atoms with van der Waals surface area (Å²) < 4.78 is 100. The molecule has 324 valence electrons. The van der Waals surface area contributed by atoms with Crippen LogP contribution in [0.15, 0.2) is 36.5 Å². The normalized spacial score (nSPS) is 29.2. The predicted molar refractivity (Wildman–Crippen MR) is 206 cm³/mol. The number of aromatic nitrogens is 1. The number of hydrogen-bond donors (Lipinski definition) is 3. The lowest BCUT2D eigenvalue weighted by Crippen LogP contribution is -2.60. The van der Waals surface area contributed by atoms with Crippen molar-refractivity contribution >= 4 is 44.6 Å². The van der Waals surface area contributed by atoms with Crippen LogP contribution in [0.1, 0.15) is 86.0 Å². The van der Waals surface area contributed by atoms with E-state index in [1.165, 1.54) is 25.4 Å². The molecule has 1 unspecified atom stereocenters. The van der Waals surface area contributed by atoms with Gasteiger partial charge in [0.2, 0.25) is 33.3 Å². The third-order valence-corrected chi connectivity index (χ3v) is 14.5. The van der Waals surface area contributed by atoms with Crippen molar-refractivity contribution in [1.29, 1.82) is 0 Å². The smallest absolute Gasteiger partial charge is 0.427 e. The number of hydrogen-bond acceptors (Lipinski definition) is 10. The standard InChI is InChI=1S/C40H51F4N5O9S/c1-7-38(13-14-38)59(54,55)48-35(52)39-20-25(39)11-9-8-10-22(2)16-23(3)31(46-36(53)58-37(4,5)40(42,43)44)34(51)49-21-26(18-29(49)32(50)47-39)57-33-27-19-28(41)30(56-6)17-24(27)12-15-45-33/h9,11-12,15,17,19,22-23,25-26,29,31H,7-8,10,13-14,16,18,20-21H2,1-6H3,(H,46,53)(H,47,50)(H,48,52)/b11-9-/t22-,23+,25+,26+,29-,31-,39?/m0/s1. The Balaban J connectivity index is 1.36. The lowest BCUT2D eigenvalue weighted by molar-refractivity contribution is -0.244. The van der Waals surface area contributed by atoms with Crippen LogP contribution in [-0.2, 0) is 29.1 Å². The Morgan fingerprint density at radius 1 is 1.12 bits per heavy atom. The van der Waals surface area contributed by atoms with Gasteiger partial charge in [0, 0.05) is 23.9 Å². The van der Waals surface area contributed by atoms with Gasteiger partial charge in [-0.1, -0.05) is 32.9 Å². The minimum Gasteiger partial charge on any atom is -0.494 e. The van der Waals surface area contributed by atoms with Crippen LogP contribution >= 0.6 is 0 Å². The highest BCUT2D eigenvalue weighted by Crippen LogP contribution is 2.49. The SMILES string of the molecule is CCC1(S(=O)(=O)NC(=O)C23C[C@H]2/C=C\CC[C@H](C)C[C@@H](C)[C@H](NC(=O)OC(C)(C)C(F)(F)F)C(=O)N2C[C@H](Oc4nccc5cc(OC)c(F)cc45)C[C@H]2C(=O)N3)CC1. The summed E-state index contributed by atoms with van der Waals surface area (Å²) >= 11 is 0. The molecule has 7 atom stereocenters. The number of nitrogens with zero attached hydrogens (tertiary/aromatic N) is 2. The number of benzene rings is 1. The van der Waals surface area contributed by atoms with E-state index in [0.717, 1.165) is 4.90 Å². The number of alkyl halides is 3. The fraction of sp³-hybridized carbons (Fsp3) is 0.625. The molecule has 1 saturated heterocycles. The van der Waals surface area contributed by atoms with Gasteiger partial charge in [-0.25, -0.2) is 22.6 Å². The van der Waals surface area contributed by atoms with Gasteiger partial charge in [0.15, 0.2) is 11.6 Å². The molecule has 0 spiro atoms. The van der Waals surface area contributed by atoms with Gasteiger partial charge in [-0.3, -0.25) is 19.1 Å². The Morgan fingerprint density at radius 3 is 2.47 bits per heavy atom. The molecule has 2 aliphatic carbocycles. The molecule has 3 fully saturated rings. The number of carbonyl (C=O) groups excluding carboxylic acids is 4. The van der Waals surface area contributed by atoms with Crippen molar-refractivity contribution in [3.63, 3.8) is 0 Å². The number of rotatable bonds is 9. The lowest BCUT2D eigenvalue weighted by Gasteiger charge is -2.34. The highest BCUT2D eigenvalue weighted by molar-refractivity contribution is 7.91. The molecule has 1 aromatic carbocycles. The zero-order valence-electron chi connectivity index (χ0n) is 33.8. The first-order valence-corrected chi connectivity index (χ1v) is 21.3. The first kappa shape index (κ1) is 43.9. The van der Waals surface area contributed by atoms with Crippen LogP contribution in [0.2, 0.25) is 0 Å². The molecular weight excluding hydrogens is 803 g/mol. The summed E-state index contributed by atoms with van der Waals surface area (Å²) in [4.78, 5) is 61.8. The van der Waals surface area contributed by atoms with Crippen LogP contribution in [0.25, 0.3) is 10.8 Å². The minimum absolute atomic E-state index is 0.0243. The third kappa shape index (κ3) is 8.80. The summed E-state index contributed by atoms with van der Waals surface area (Å²) in [5.41, 5.74) is -4.60. The molecule has 19 heteroatoms. The van der Waals surface area contributed by atoms with Gasteiger partial charge in [0.25, 0.3) is 5.91 Å². The van der Waals surface area contributed by atoms with Crippen molar-refractivity contribution in [3.05, 3.63) is 42.4 Å². The van der Waals surface area contributed by atoms with Gasteiger partial charge in [-0.2, -0.15) is 13.2 Å². The van der Waals surface area contributed by atoms with Crippen molar-refractivity contribution < 1.29 is 59.4 Å². The van der Waals surface area contributed by atoms with Crippen LogP contribution < -0.4 is 24.8 Å². The molecule has 4 aliphatic rings. The van der Waals surface area contributed by atoms with E-state index in [-0.39, 0.29) is 48.7 Å². The Labute approximate surface area is 340 Å². The lowest BCUT2D eigenvalue weighted by atomic mass is 9.88. The highest BCUT2D eigenvalue weighted by atomic mass is 32.2. The Morgan fingerprint density at radius 2 is 1.83 bits per heavy atom. The van der Waals surface area contributed by atoms with Gasteiger partial charge >= 0.3 is 12.3 Å². The molecule has 2 saturated carbocycles. The molecule has 2 aliphatic heterocycles. The second-order valence-electron chi connectivity index (χ2n) is 16.9. The molecule has 1 aromatic heterocycles. The first-order chi connectivity index (χ1) is 27.6. The molecule has 0 radical (unpaired) electrons. The summed E-state index contributed by atoms with van der Waals surface area (Å²) in [6, 6.07) is 1.34. The number of nitrogens with one attached hydrogen (secondary N) is 3. The van der Waals surface area contributed by atoms with Crippen molar-refractivity contribution in [2.45, 2.75) is 126 Å². The number of pyridine rings is 1. The van der Waals surface area contributed by atoms with E-state index in [2.05, 4.69) is 20.3 Å². The number of halogens is 4. The maximum absolute atomic E-state index is 14.9. The molecule has 4 amide bonds. The molecular formula is C40H51F4N5O9S. The molecule has 3 heterocycles. The number of amides is 4. The molecule has 0 bridgehead atoms. The average Bonchev–Trinajstić information content (AvgIpc) is 4.06. The minimum atomic E-state index is -4.94. The number of allylic oxidation sites excluding steroid dienone is 1. The van der Waals surface area contributed by atoms with E-state index in [0.29, 0.717) is 51.3 Å². The van der Waals surface area contributed by atoms with E-state index in [4.69, 9.17) is 14.2 Å². The second-order valence-corrected chi connectivity index (χ2v) is 19.0. The van der Waals surface area contributed by atoms with Crippen molar-refractivity contribution in [2.24, 2.45) is 17.8 Å². The van der Waals surface area contributed by atoms with Gasteiger partial charge in [-0.15, -0.1) is 0 Å². The van der Waals surface area contributed by atoms with Crippen molar-refractivity contribution in [1.82, 2.24) is 25.2 Å². The number of ether oxygens (including phenoxy) is 3. The van der Waals surface area contributed by atoms with E-state index in [9.17, 15) is 45.2 Å². The van der Waals surface area contributed by atoms with Gasteiger partial charge < -0.3 is 29.7 Å². The average molecular weight is 854 g/mol. The Bertz CT molecular complexity index is 2130. The van der Waals surface area contributed by atoms with Crippen molar-refractivity contribution in [2.75, 3.05) is 13.7 Å². The first-order valence-electron chi connectivity index (χ1n) is 19.8. The Kier molecular flexibility index (Phi) is 11.9. The summed E-state index contributed by atoms with van der Waals surface area (Å²) in [6.07, 6.45) is -0.0325. The van der Waals surface area contributed by atoms with E-state index in [1.807, 2.05) is 13.0 Å². The maximum Gasteiger partial charge on any atom is 0.427 e. The zero-order valence-corrected chi connectivity index (χ0v) is 34.6. The topological polar surface area (TPSA) is 182 Å². The van der Waals surface area contributed by atoms with Gasteiger partial charge in [0.05, 0.1) is 18.4 Å². The van der Waals surface area contributed by atoms with Crippen molar-refractivity contribution in [3.8, 4) is 11.6 Å². The predicted octanol–water partition coefficient (Wildman–Crippen LogP) is 5.44. The van der Waals surface area contributed by atoms with Crippen LogP contribution in [0.3, 0.4) is 0 Å². The molecule has 59 heavy (non-hydrogen) atoms.